The van der Waals surface area contributed by atoms with Crippen LogP contribution in [0.3, 0.4) is 0 Å². The molecule has 0 atom stereocenters. The number of rotatable bonds is 6. The maximum absolute atomic E-state index is 10.6. The number of aliphatic imine (C=N–C) groups is 1. The van der Waals surface area contributed by atoms with Crippen molar-refractivity contribution in [3.8, 4) is 0 Å². The smallest absolute Gasteiger partial charge is 0.269 e. The lowest BCUT2D eigenvalue weighted by molar-refractivity contribution is -0.384. The van der Waals surface area contributed by atoms with Gasteiger partial charge in [0.15, 0.2) is 4.34 Å². The van der Waals surface area contributed by atoms with Gasteiger partial charge in [0, 0.05) is 32.0 Å². The van der Waals surface area contributed by atoms with Crippen LogP contribution in [0.25, 0.3) is 0 Å². The summed E-state index contributed by atoms with van der Waals surface area (Å²) in [6.45, 7) is 0. The van der Waals surface area contributed by atoms with Gasteiger partial charge in [-0.05, 0) is 5.56 Å². The van der Waals surface area contributed by atoms with E-state index in [1.807, 2.05) is 19.0 Å². The molecule has 7 nitrogen and oxygen atoms in total. The first kappa shape index (κ1) is 15.4. The van der Waals surface area contributed by atoms with Crippen LogP contribution in [0, 0.1) is 10.1 Å². The van der Waals surface area contributed by atoms with E-state index < -0.39 is 4.92 Å². The Hall–Kier alpha value is -2.00. The minimum absolute atomic E-state index is 0.0972. The lowest BCUT2D eigenvalue weighted by Gasteiger charge is -1.99. The van der Waals surface area contributed by atoms with Gasteiger partial charge in [-0.2, -0.15) is 0 Å². The highest BCUT2D eigenvalue weighted by molar-refractivity contribution is 8.00. The molecule has 2 aromatic rings. The Morgan fingerprint density at radius 3 is 2.71 bits per heavy atom. The van der Waals surface area contributed by atoms with Gasteiger partial charge in [-0.25, -0.2) is 4.99 Å². The first-order chi connectivity index (χ1) is 10.0. The number of benzene rings is 1. The van der Waals surface area contributed by atoms with E-state index >= 15 is 0 Å². The monoisotopic (exact) mass is 323 g/mol. The molecule has 0 radical (unpaired) electrons. The quantitative estimate of drug-likeness (QED) is 0.267. The van der Waals surface area contributed by atoms with Crippen molar-refractivity contribution >= 4 is 40.3 Å². The zero-order valence-electron chi connectivity index (χ0n) is 11.5. The topological polar surface area (TPSA) is 84.5 Å². The molecule has 0 fully saturated rings. The molecule has 0 saturated carbocycles. The predicted molar refractivity (Wildman–Crippen MR) is 84.4 cm³/mol. The van der Waals surface area contributed by atoms with Gasteiger partial charge in [0.25, 0.3) is 5.69 Å². The highest BCUT2D eigenvalue weighted by Crippen LogP contribution is 2.29. The molecular weight excluding hydrogens is 310 g/mol. The van der Waals surface area contributed by atoms with Crippen LogP contribution in [0.15, 0.2) is 33.6 Å². The first-order valence-electron chi connectivity index (χ1n) is 5.95. The van der Waals surface area contributed by atoms with Gasteiger partial charge in [0.05, 0.1) is 11.3 Å². The maximum atomic E-state index is 10.6. The minimum Gasteiger partial charge on any atom is -0.369 e. The van der Waals surface area contributed by atoms with Gasteiger partial charge in [0.2, 0.25) is 5.13 Å². The van der Waals surface area contributed by atoms with Crippen molar-refractivity contribution in [3.05, 3.63) is 39.9 Å². The standard InChI is InChI=1S/C12H13N5O2S2/c1-16(2)8-13-11-14-15-12(21-11)20-7-9-3-5-10(6-4-9)17(18)19/h3-6,8H,7H2,1-2H3. The van der Waals surface area contributed by atoms with Gasteiger partial charge in [-0.15, -0.1) is 10.2 Å². The molecule has 0 aliphatic rings. The van der Waals surface area contributed by atoms with Gasteiger partial charge < -0.3 is 4.90 Å². The third-order valence-electron chi connectivity index (χ3n) is 2.30. The zero-order chi connectivity index (χ0) is 15.2. The fraction of sp³-hybridized carbons (Fsp3) is 0.250. The van der Waals surface area contributed by atoms with Crippen LogP contribution in [0.5, 0.6) is 0 Å². The van der Waals surface area contributed by atoms with Crippen molar-refractivity contribution in [2.45, 2.75) is 10.1 Å². The van der Waals surface area contributed by atoms with Crippen molar-refractivity contribution in [2.75, 3.05) is 14.1 Å². The number of hydrogen-bond donors (Lipinski definition) is 0. The zero-order valence-corrected chi connectivity index (χ0v) is 13.1. The molecule has 0 aliphatic heterocycles. The Balaban J connectivity index is 1.92. The number of hydrogen-bond acceptors (Lipinski definition) is 7. The lowest BCUT2D eigenvalue weighted by atomic mass is 10.2. The second-order valence-electron chi connectivity index (χ2n) is 4.27. The Labute approximate surface area is 129 Å². The van der Waals surface area contributed by atoms with E-state index in [0.717, 1.165) is 9.90 Å². The molecule has 1 aromatic carbocycles. The highest BCUT2D eigenvalue weighted by Gasteiger charge is 2.06. The summed E-state index contributed by atoms with van der Waals surface area (Å²) >= 11 is 2.94. The van der Waals surface area contributed by atoms with E-state index in [1.54, 1.807) is 18.5 Å². The molecule has 0 bridgehead atoms. The fourth-order valence-electron chi connectivity index (χ4n) is 1.34. The molecule has 1 aromatic heterocycles. The third kappa shape index (κ3) is 4.80. The van der Waals surface area contributed by atoms with Crippen LogP contribution in [-0.4, -0.2) is 40.5 Å². The second-order valence-corrected chi connectivity index (χ2v) is 6.45. The molecule has 2 rings (SSSR count). The van der Waals surface area contributed by atoms with Crippen molar-refractivity contribution in [1.29, 1.82) is 0 Å². The number of non-ortho nitro benzene ring substituents is 1. The second kappa shape index (κ2) is 7.14. The van der Waals surface area contributed by atoms with Gasteiger partial charge in [-0.3, -0.25) is 10.1 Å². The highest BCUT2D eigenvalue weighted by atomic mass is 32.2. The van der Waals surface area contributed by atoms with E-state index in [9.17, 15) is 10.1 Å². The molecule has 0 amide bonds. The normalized spacial score (nSPS) is 11.0. The molecule has 0 N–H and O–H groups in total. The van der Waals surface area contributed by atoms with Gasteiger partial charge >= 0.3 is 0 Å². The Morgan fingerprint density at radius 1 is 1.38 bits per heavy atom. The van der Waals surface area contributed by atoms with Gasteiger partial charge in [0.1, 0.15) is 0 Å². The number of nitrogens with zero attached hydrogens (tertiary/aromatic N) is 5. The number of nitro benzene ring substituents is 1. The molecule has 0 unspecified atom stereocenters. The first-order valence-corrected chi connectivity index (χ1v) is 7.75. The van der Waals surface area contributed by atoms with Crippen LogP contribution >= 0.6 is 23.1 Å². The van der Waals surface area contributed by atoms with E-state index in [1.165, 1.54) is 35.2 Å². The third-order valence-corrected chi connectivity index (χ3v) is 4.34. The largest absolute Gasteiger partial charge is 0.369 e. The summed E-state index contributed by atoms with van der Waals surface area (Å²) in [7, 11) is 3.77. The number of thioether (sulfide) groups is 1. The van der Waals surface area contributed by atoms with Crippen molar-refractivity contribution < 1.29 is 4.92 Å². The van der Waals surface area contributed by atoms with Crippen LogP contribution in [0.2, 0.25) is 0 Å². The molecule has 0 spiro atoms. The van der Waals surface area contributed by atoms with Crippen LogP contribution in [0.1, 0.15) is 5.56 Å². The summed E-state index contributed by atoms with van der Waals surface area (Å²) in [5, 5.41) is 19.2. The summed E-state index contributed by atoms with van der Waals surface area (Å²) in [6.07, 6.45) is 1.67. The predicted octanol–water partition coefficient (Wildman–Crippen LogP) is 2.96. The average molecular weight is 323 g/mol. The summed E-state index contributed by atoms with van der Waals surface area (Å²) in [4.78, 5) is 16.2. The number of aromatic nitrogens is 2. The SMILES string of the molecule is CN(C)C=Nc1nnc(SCc2ccc([N+](=O)[O-])cc2)s1. The minimum atomic E-state index is -0.406. The van der Waals surface area contributed by atoms with E-state index in [-0.39, 0.29) is 5.69 Å². The average Bonchev–Trinajstić information content (AvgIpc) is 2.91. The molecule has 110 valence electrons. The summed E-state index contributed by atoms with van der Waals surface area (Å²) in [5.74, 6) is 0.685. The summed E-state index contributed by atoms with van der Waals surface area (Å²) in [5.41, 5.74) is 1.10. The fourth-order valence-corrected chi connectivity index (χ4v) is 2.97. The summed E-state index contributed by atoms with van der Waals surface area (Å²) < 4.78 is 0.819. The summed E-state index contributed by atoms with van der Waals surface area (Å²) in [6, 6.07) is 6.50. The Morgan fingerprint density at radius 2 is 2.10 bits per heavy atom. The molecule has 0 saturated heterocycles. The molecular formula is C12H13N5O2S2. The van der Waals surface area contributed by atoms with Crippen LogP contribution in [-0.2, 0) is 5.75 Å². The van der Waals surface area contributed by atoms with Gasteiger partial charge in [-0.1, -0.05) is 35.2 Å². The van der Waals surface area contributed by atoms with Crippen LogP contribution < -0.4 is 0 Å². The Kier molecular flexibility index (Phi) is 5.23. The van der Waals surface area contributed by atoms with E-state index in [4.69, 9.17) is 0 Å². The molecule has 0 aliphatic carbocycles. The Bertz CT molecular complexity index is 639. The van der Waals surface area contributed by atoms with Crippen molar-refractivity contribution in [2.24, 2.45) is 4.99 Å². The lowest BCUT2D eigenvalue weighted by Crippen LogP contribution is -2.06. The van der Waals surface area contributed by atoms with Crippen LogP contribution in [0.4, 0.5) is 10.8 Å². The van der Waals surface area contributed by atoms with Crippen molar-refractivity contribution in [1.82, 2.24) is 15.1 Å². The number of nitro groups is 1. The van der Waals surface area contributed by atoms with E-state index in [0.29, 0.717) is 10.9 Å². The molecule has 21 heavy (non-hydrogen) atoms. The van der Waals surface area contributed by atoms with E-state index in [2.05, 4.69) is 15.2 Å². The van der Waals surface area contributed by atoms with Crippen molar-refractivity contribution in [3.63, 3.8) is 0 Å². The molecule has 1 heterocycles. The maximum Gasteiger partial charge on any atom is 0.269 e. The molecule has 9 heteroatoms.